The van der Waals surface area contributed by atoms with Crippen molar-refractivity contribution in [2.45, 2.75) is 6.92 Å². The summed E-state index contributed by atoms with van der Waals surface area (Å²) in [5.41, 5.74) is 3.01. The lowest BCUT2D eigenvalue weighted by Gasteiger charge is -2.35. The average molecular weight is 365 g/mol. The first-order valence-corrected chi connectivity index (χ1v) is 8.89. The van der Waals surface area contributed by atoms with E-state index in [4.69, 9.17) is 0 Å². The highest BCUT2D eigenvalue weighted by atomic mass is 19.1. The van der Waals surface area contributed by atoms with Crippen molar-refractivity contribution in [3.8, 4) is 11.4 Å². The quantitative estimate of drug-likeness (QED) is 0.700. The molecule has 1 fully saturated rings. The van der Waals surface area contributed by atoms with E-state index in [1.54, 1.807) is 17.0 Å². The molecule has 7 heteroatoms. The molecule has 138 valence electrons. The van der Waals surface area contributed by atoms with E-state index in [0.717, 1.165) is 16.8 Å². The Morgan fingerprint density at radius 3 is 2.30 bits per heavy atom. The molecule has 0 saturated carbocycles. The molecule has 1 saturated heterocycles. The van der Waals surface area contributed by atoms with Crippen LogP contribution in [0.3, 0.4) is 0 Å². The van der Waals surface area contributed by atoms with Crippen LogP contribution in [0.4, 0.5) is 14.9 Å². The molecule has 2 heterocycles. The van der Waals surface area contributed by atoms with Crippen LogP contribution in [0.15, 0.2) is 54.9 Å². The number of rotatable bonds is 2. The molecule has 0 spiro atoms. The number of piperazine rings is 1. The summed E-state index contributed by atoms with van der Waals surface area (Å²) in [4.78, 5) is 20.9. The number of anilines is 1. The Morgan fingerprint density at radius 2 is 1.63 bits per heavy atom. The van der Waals surface area contributed by atoms with Gasteiger partial charge in [-0.3, -0.25) is 0 Å². The van der Waals surface area contributed by atoms with Gasteiger partial charge in [-0.05, 0) is 31.2 Å². The van der Waals surface area contributed by atoms with Crippen molar-refractivity contribution in [1.82, 2.24) is 19.7 Å². The van der Waals surface area contributed by atoms with Gasteiger partial charge in [-0.2, -0.15) is 4.68 Å². The molecule has 0 N–H and O–H groups in total. The van der Waals surface area contributed by atoms with E-state index in [0.29, 0.717) is 32.0 Å². The van der Waals surface area contributed by atoms with E-state index in [2.05, 4.69) is 15.0 Å². The molecule has 0 aliphatic carbocycles. The van der Waals surface area contributed by atoms with Crippen LogP contribution in [-0.4, -0.2) is 51.9 Å². The first kappa shape index (κ1) is 17.2. The predicted octanol–water partition coefficient (Wildman–Crippen LogP) is 3.18. The third kappa shape index (κ3) is 3.67. The Kier molecular flexibility index (Phi) is 4.58. The highest BCUT2D eigenvalue weighted by Crippen LogP contribution is 2.18. The third-order valence-corrected chi connectivity index (χ3v) is 4.74. The van der Waals surface area contributed by atoms with E-state index < -0.39 is 0 Å². The van der Waals surface area contributed by atoms with Crippen molar-refractivity contribution < 1.29 is 9.18 Å². The summed E-state index contributed by atoms with van der Waals surface area (Å²) < 4.78 is 14.4. The number of hydrogen-bond donors (Lipinski definition) is 0. The maximum Gasteiger partial charge on any atom is 0.346 e. The zero-order chi connectivity index (χ0) is 18.8. The highest BCUT2D eigenvalue weighted by molar-refractivity contribution is 5.76. The summed E-state index contributed by atoms with van der Waals surface area (Å²) in [7, 11) is 0. The van der Waals surface area contributed by atoms with E-state index >= 15 is 0 Å². The van der Waals surface area contributed by atoms with Crippen LogP contribution in [0.2, 0.25) is 0 Å². The van der Waals surface area contributed by atoms with Gasteiger partial charge in [0.1, 0.15) is 12.1 Å². The molecule has 0 bridgehead atoms. The molecular weight excluding hydrogens is 345 g/mol. The molecule has 4 rings (SSSR count). The zero-order valence-corrected chi connectivity index (χ0v) is 15.0. The van der Waals surface area contributed by atoms with Crippen LogP contribution in [0.1, 0.15) is 5.56 Å². The lowest BCUT2D eigenvalue weighted by Crippen LogP contribution is -2.50. The number of aryl methyl sites for hydroxylation is 1. The van der Waals surface area contributed by atoms with Gasteiger partial charge in [0, 0.05) is 37.4 Å². The van der Waals surface area contributed by atoms with Gasteiger partial charge in [-0.25, -0.2) is 14.2 Å². The molecule has 0 radical (unpaired) electrons. The van der Waals surface area contributed by atoms with Gasteiger partial charge >= 0.3 is 6.03 Å². The number of halogens is 1. The van der Waals surface area contributed by atoms with Crippen LogP contribution in [-0.2, 0) is 0 Å². The van der Waals surface area contributed by atoms with Crippen molar-refractivity contribution >= 4 is 11.7 Å². The Bertz CT molecular complexity index is 928. The van der Waals surface area contributed by atoms with E-state index in [9.17, 15) is 9.18 Å². The summed E-state index contributed by atoms with van der Waals surface area (Å²) in [6, 6.07) is 14.1. The number of amides is 1. The molecule has 1 aliphatic rings. The molecule has 6 nitrogen and oxygen atoms in total. The second kappa shape index (κ2) is 7.19. The average Bonchev–Trinajstić information content (AvgIpc) is 3.19. The standard InChI is InChI=1S/C20H20FN5O/c1-15-2-4-16(5-3-15)19-22-14-26(23-19)20(27)25-12-10-24(11-13-25)18-8-6-17(21)7-9-18/h2-9,14H,10-13H2,1H3. The number of hydrogen-bond acceptors (Lipinski definition) is 4. The number of nitrogens with zero attached hydrogens (tertiary/aromatic N) is 5. The van der Waals surface area contributed by atoms with Gasteiger partial charge in [0.15, 0.2) is 5.82 Å². The molecule has 2 aromatic carbocycles. The van der Waals surface area contributed by atoms with E-state index in [1.165, 1.54) is 23.1 Å². The van der Waals surface area contributed by atoms with Crippen LogP contribution >= 0.6 is 0 Å². The molecule has 27 heavy (non-hydrogen) atoms. The van der Waals surface area contributed by atoms with Crippen molar-refractivity contribution in [3.63, 3.8) is 0 Å². The van der Waals surface area contributed by atoms with Gasteiger partial charge in [0.25, 0.3) is 0 Å². The summed E-state index contributed by atoms with van der Waals surface area (Å²) in [5, 5.41) is 4.33. The minimum atomic E-state index is -0.247. The van der Waals surface area contributed by atoms with Crippen molar-refractivity contribution in [2.24, 2.45) is 0 Å². The topological polar surface area (TPSA) is 54.3 Å². The summed E-state index contributed by atoms with van der Waals surface area (Å²) in [6.45, 7) is 4.56. The van der Waals surface area contributed by atoms with Gasteiger partial charge in [-0.1, -0.05) is 29.8 Å². The second-order valence-electron chi connectivity index (χ2n) is 6.61. The molecule has 1 aliphatic heterocycles. The predicted molar refractivity (Wildman–Crippen MR) is 101 cm³/mol. The van der Waals surface area contributed by atoms with Crippen LogP contribution < -0.4 is 4.90 Å². The largest absolute Gasteiger partial charge is 0.368 e. The molecule has 1 aromatic heterocycles. The van der Waals surface area contributed by atoms with Gasteiger partial charge in [0.2, 0.25) is 0 Å². The summed E-state index contributed by atoms with van der Waals surface area (Å²) >= 11 is 0. The zero-order valence-electron chi connectivity index (χ0n) is 15.0. The summed E-state index contributed by atoms with van der Waals surface area (Å²) in [5.74, 6) is 0.288. The van der Waals surface area contributed by atoms with E-state index in [1.807, 2.05) is 31.2 Å². The first-order valence-electron chi connectivity index (χ1n) is 8.89. The van der Waals surface area contributed by atoms with Crippen molar-refractivity contribution in [1.29, 1.82) is 0 Å². The maximum atomic E-state index is 13.1. The van der Waals surface area contributed by atoms with E-state index in [-0.39, 0.29) is 11.8 Å². The third-order valence-electron chi connectivity index (χ3n) is 4.74. The highest BCUT2D eigenvalue weighted by Gasteiger charge is 2.23. The molecule has 0 atom stereocenters. The molecule has 1 amide bonds. The maximum absolute atomic E-state index is 13.1. The number of benzene rings is 2. The minimum absolute atomic E-state index is 0.181. The lowest BCUT2D eigenvalue weighted by atomic mass is 10.1. The van der Waals surface area contributed by atoms with Crippen molar-refractivity contribution in [3.05, 3.63) is 66.2 Å². The fraction of sp³-hybridized carbons (Fsp3) is 0.250. The Labute approximate surface area is 156 Å². The molecule has 0 unspecified atom stereocenters. The number of carbonyl (C=O) groups excluding carboxylic acids is 1. The van der Waals surface area contributed by atoms with Crippen LogP contribution in [0.5, 0.6) is 0 Å². The second-order valence-corrected chi connectivity index (χ2v) is 6.61. The van der Waals surface area contributed by atoms with Crippen LogP contribution in [0, 0.1) is 12.7 Å². The van der Waals surface area contributed by atoms with Gasteiger partial charge in [-0.15, -0.1) is 5.10 Å². The number of aromatic nitrogens is 3. The molecular formula is C20H20FN5O. The fourth-order valence-electron chi connectivity index (χ4n) is 3.14. The smallest absolute Gasteiger partial charge is 0.346 e. The molecule has 3 aromatic rings. The minimum Gasteiger partial charge on any atom is -0.368 e. The lowest BCUT2D eigenvalue weighted by molar-refractivity contribution is 0.192. The Balaban J connectivity index is 1.41. The van der Waals surface area contributed by atoms with Gasteiger partial charge < -0.3 is 9.80 Å². The SMILES string of the molecule is Cc1ccc(-c2ncn(C(=O)N3CCN(c4ccc(F)cc4)CC3)n2)cc1. The van der Waals surface area contributed by atoms with Crippen LogP contribution in [0.25, 0.3) is 11.4 Å². The normalized spacial score (nSPS) is 14.4. The monoisotopic (exact) mass is 365 g/mol. The first-order chi connectivity index (χ1) is 13.1. The Hall–Kier alpha value is -3.22. The van der Waals surface area contributed by atoms with Crippen molar-refractivity contribution in [2.75, 3.05) is 31.1 Å². The Morgan fingerprint density at radius 1 is 0.963 bits per heavy atom. The number of carbonyl (C=O) groups is 1. The fourth-order valence-corrected chi connectivity index (χ4v) is 3.14. The summed E-state index contributed by atoms with van der Waals surface area (Å²) in [6.07, 6.45) is 1.46. The van der Waals surface area contributed by atoms with Gasteiger partial charge in [0.05, 0.1) is 0 Å².